The van der Waals surface area contributed by atoms with Gasteiger partial charge in [-0.1, -0.05) is 0 Å². The van der Waals surface area contributed by atoms with Gasteiger partial charge in [-0.3, -0.25) is 4.90 Å². The van der Waals surface area contributed by atoms with Crippen LogP contribution in [0.3, 0.4) is 0 Å². The number of aromatic nitrogens is 3. The van der Waals surface area contributed by atoms with Gasteiger partial charge in [-0.05, 0) is 45.1 Å². The molecule has 0 spiro atoms. The number of rotatable bonds is 5. The van der Waals surface area contributed by atoms with Crippen molar-refractivity contribution in [1.82, 2.24) is 24.8 Å². The van der Waals surface area contributed by atoms with Gasteiger partial charge < -0.3 is 19.9 Å². The fraction of sp³-hybridized carbons (Fsp3) is 0.609. The Hall–Kier alpha value is -2.50. The van der Waals surface area contributed by atoms with Gasteiger partial charge in [-0.2, -0.15) is 18.2 Å². The highest BCUT2D eigenvalue weighted by atomic mass is 19.4. The predicted octanol–water partition coefficient (Wildman–Crippen LogP) is 2.96. The molecule has 3 fully saturated rings. The van der Waals surface area contributed by atoms with E-state index < -0.39 is 11.7 Å². The van der Waals surface area contributed by atoms with Crippen LogP contribution in [0, 0.1) is 0 Å². The van der Waals surface area contributed by atoms with Crippen molar-refractivity contribution in [3.8, 4) is 0 Å². The van der Waals surface area contributed by atoms with Crippen LogP contribution in [0.5, 0.6) is 0 Å². The number of halogens is 3. The molecule has 5 rings (SSSR count). The summed E-state index contributed by atoms with van der Waals surface area (Å²) in [6.45, 7) is 7.03. The second-order valence-corrected chi connectivity index (χ2v) is 9.32. The monoisotopic (exact) mass is 477 g/mol. The van der Waals surface area contributed by atoms with Crippen molar-refractivity contribution in [2.75, 3.05) is 69.7 Å². The smallest absolute Gasteiger partial charge is 0.379 e. The molecule has 0 bridgehead atoms. The van der Waals surface area contributed by atoms with Crippen LogP contribution in [0.2, 0.25) is 0 Å². The molecule has 3 aliphatic rings. The Morgan fingerprint density at radius 3 is 2.44 bits per heavy atom. The second kappa shape index (κ2) is 9.63. The number of alkyl halides is 3. The number of hydrogen-bond donors (Lipinski definition) is 1. The van der Waals surface area contributed by atoms with Crippen LogP contribution in [0.15, 0.2) is 24.4 Å². The minimum atomic E-state index is -4.43. The molecule has 2 aromatic heterocycles. The summed E-state index contributed by atoms with van der Waals surface area (Å²) in [6.07, 6.45) is -1.29. The van der Waals surface area contributed by atoms with Gasteiger partial charge in [0.25, 0.3) is 0 Å². The zero-order valence-electron chi connectivity index (χ0n) is 19.3. The molecule has 3 saturated heterocycles. The third-order valence-electron chi connectivity index (χ3n) is 6.92. The Morgan fingerprint density at radius 1 is 1.00 bits per heavy atom. The Bertz CT molecular complexity index is 985. The van der Waals surface area contributed by atoms with Crippen LogP contribution in [0.25, 0.3) is 0 Å². The minimum absolute atomic E-state index is 0.114. The normalized spacial score (nSPS) is 21.5. The number of nitrogens with zero attached hydrogens (tertiary/aromatic N) is 6. The van der Waals surface area contributed by atoms with Crippen molar-refractivity contribution in [3.05, 3.63) is 35.7 Å². The summed E-state index contributed by atoms with van der Waals surface area (Å²) in [5, 5.41) is 3.00. The standard InChI is InChI=1S/C23H30F3N7O/c1-31-6-3-16(4-7-31)19-13-21(29-20-12-17(2-5-27-20)23(24,25)26)30-22(28-19)33-14-18(15-33)32-8-10-34-11-9-32/h2,5,12-13,16,18H,3-4,6-11,14-15H2,1H3,(H,27,28,29,30). The lowest BCUT2D eigenvalue weighted by Crippen LogP contribution is -2.62. The summed E-state index contributed by atoms with van der Waals surface area (Å²) in [7, 11) is 2.11. The Morgan fingerprint density at radius 2 is 1.74 bits per heavy atom. The summed E-state index contributed by atoms with van der Waals surface area (Å²) in [5.41, 5.74) is 0.188. The minimum Gasteiger partial charge on any atom is -0.379 e. The number of morpholine rings is 1. The molecule has 0 unspecified atom stereocenters. The topological polar surface area (TPSA) is 69.7 Å². The SMILES string of the molecule is CN1CCC(c2cc(Nc3cc(C(F)(F)F)ccn3)nc(N3CC(N4CCOCC4)C3)n2)CC1. The molecule has 2 aromatic rings. The number of pyridine rings is 1. The van der Waals surface area contributed by atoms with Crippen LogP contribution >= 0.6 is 0 Å². The van der Waals surface area contributed by atoms with Gasteiger partial charge in [-0.15, -0.1) is 0 Å². The van der Waals surface area contributed by atoms with Crippen LogP contribution in [-0.2, 0) is 10.9 Å². The molecule has 0 aliphatic carbocycles. The van der Waals surface area contributed by atoms with Crippen molar-refractivity contribution in [2.45, 2.75) is 31.0 Å². The summed E-state index contributed by atoms with van der Waals surface area (Å²) in [5.74, 6) is 1.50. The molecule has 184 valence electrons. The van der Waals surface area contributed by atoms with E-state index in [9.17, 15) is 13.2 Å². The number of likely N-dealkylation sites (tertiary alicyclic amines) is 1. The highest BCUT2D eigenvalue weighted by molar-refractivity contribution is 5.56. The maximum Gasteiger partial charge on any atom is 0.416 e. The van der Waals surface area contributed by atoms with E-state index in [2.05, 4.69) is 37.0 Å². The van der Waals surface area contributed by atoms with Gasteiger partial charge in [0.05, 0.1) is 24.5 Å². The summed E-state index contributed by atoms with van der Waals surface area (Å²) in [4.78, 5) is 20.5. The molecular formula is C23H30F3N7O. The van der Waals surface area contributed by atoms with Gasteiger partial charge in [0.1, 0.15) is 11.6 Å². The van der Waals surface area contributed by atoms with E-state index >= 15 is 0 Å². The summed E-state index contributed by atoms with van der Waals surface area (Å²) in [6, 6.07) is 4.28. The average Bonchev–Trinajstić information content (AvgIpc) is 2.79. The maximum atomic E-state index is 13.2. The first kappa shape index (κ1) is 23.3. The molecule has 0 amide bonds. The van der Waals surface area contributed by atoms with E-state index in [1.165, 1.54) is 0 Å². The van der Waals surface area contributed by atoms with Crippen LogP contribution in [0.1, 0.15) is 30.0 Å². The number of piperidine rings is 1. The quantitative estimate of drug-likeness (QED) is 0.705. The molecule has 0 radical (unpaired) electrons. The molecule has 1 N–H and O–H groups in total. The Kier molecular flexibility index (Phi) is 6.59. The van der Waals surface area contributed by atoms with Gasteiger partial charge in [0, 0.05) is 50.4 Å². The highest BCUT2D eigenvalue weighted by Crippen LogP contribution is 2.33. The third kappa shape index (κ3) is 5.26. The van der Waals surface area contributed by atoms with Crippen molar-refractivity contribution in [2.24, 2.45) is 0 Å². The van der Waals surface area contributed by atoms with Gasteiger partial charge in [0.15, 0.2) is 0 Å². The largest absolute Gasteiger partial charge is 0.416 e. The Labute approximate surface area is 197 Å². The van der Waals surface area contributed by atoms with Crippen molar-refractivity contribution in [1.29, 1.82) is 0 Å². The predicted molar refractivity (Wildman–Crippen MR) is 122 cm³/mol. The number of anilines is 3. The molecule has 0 atom stereocenters. The van der Waals surface area contributed by atoms with E-state index in [-0.39, 0.29) is 5.82 Å². The lowest BCUT2D eigenvalue weighted by atomic mass is 9.93. The van der Waals surface area contributed by atoms with Crippen LogP contribution < -0.4 is 10.2 Å². The summed E-state index contributed by atoms with van der Waals surface area (Å²) < 4.78 is 44.9. The number of hydrogen-bond acceptors (Lipinski definition) is 8. The number of nitrogens with one attached hydrogen (secondary N) is 1. The fourth-order valence-corrected chi connectivity index (χ4v) is 4.77. The molecule has 0 aromatic carbocycles. The molecule has 5 heterocycles. The van der Waals surface area contributed by atoms with Crippen LogP contribution in [0.4, 0.5) is 30.8 Å². The first-order valence-electron chi connectivity index (χ1n) is 11.8. The Balaban J connectivity index is 1.37. The van der Waals surface area contributed by atoms with E-state index in [1.807, 2.05) is 6.07 Å². The first-order chi connectivity index (χ1) is 16.3. The van der Waals surface area contributed by atoms with Gasteiger partial charge >= 0.3 is 6.18 Å². The van der Waals surface area contributed by atoms with Crippen LogP contribution in [-0.4, -0.2) is 90.3 Å². The summed E-state index contributed by atoms with van der Waals surface area (Å²) >= 11 is 0. The third-order valence-corrected chi connectivity index (χ3v) is 6.92. The van der Waals surface area contributed by atoms with Gasteiger partial charge in [-0.25, -0.2) is 9.97 Å². The van der Waals surface area contributed by atoms with E-state index in [0.29, 0.717) is 23.7 Å². The average molecular weight is 478 g/mol. The molecule has 34 heavy (non-hydrogen) atoms. The molecule has 3 aliphatic heterocycles. The molecule has 11 heteroatoms. The van der Waals surface area contributed by atoms with Gasteiger partial charge in [0.2, 0.25) is 5.95 Å². The lowest BCUT2D eigenvalue weighted by molar-refractivity contribution is -0.137. The second-order valence-electron chi connectivity index (χ2n) is 9.32. The fourth-order valence-electron chi connectivity index (χ4n) is 4.77. The van der Waals surface area contributed by atoms with Crippen molar-refractivity contribution in [3.63, 3.8) is 0 Å². The van der Waals surface area contributed by atoms with Crippen molar-refractivity contribution >= 4 is 17.6 Å². The van der Waals surface area contributed by atoms with E-state index in [0.717, 1.165) is 89.3 Å². The molecule has 8 nitrogen and oxygen atoms in total. The highest BCUT2D eigenvalue weighted by Gasteiger charge is 2.35. The van der Waals surface area contributed by atoms with Crippen molar-refractivity contribution < 1.29 is 17.9 Å². The number of ether oxygens (including phenoxy) is 1. The van der Waals surface area contributed by atoms with E-state index in [4.69, 9.17) is 9.72 Å². The zero-order chi connectivity index (χ0) is 23.7. The van der Waals surface area contributed by atoms with E-state index in [1.54, 1.807) is 0 Å². The molecular weight excluding hydrogens is 447 g/mol. The zero-order valence-corrected chi connectivity index (χ0v) is 19.3. The maximum absolute atomic E-state index is 13.2. The molecule has 0 saturated carbocycles. The lowest BCUT2D eigenvalue weighted by Gasteiger charge is -2.46. The first-order valence-corrected chi connectivity index (χ1v) is 11.8.